The molecule has 3 nitrogen and oxygen atoms in total. The molecule has 1 rings (SSSR count). The molecule has 0 aliphatic rings. The van der Waals surface area contributed by atoms with Crippen LogP contribution in [0.5, 0.6) is 0 Å². The van der Waals surface area contributed by atoms with Gasteiger partial charge in [0.2, 0.25) is 0 Å². The number of hydrogen-bond donors (Lipinski definition) is 1. The van der Waals surface area contributed by atoms with Gasteiger partial charge in [-0.1, -0.05) is 25.4 Å². The van der Waals surface area contributed by atoms with Gasteiger partial charge in [-0.05, 0) is 12.8 Å². The first-order valence-corrected chi connectivity index (χ1v) is 4.88. The topological polar surface area (TPSA) is 37.8 Å². The average Bonchev–Trinajstić information content (AvgIpc) is 2.17. The summed E-state index contributed by atoms with van der Waals surface area (Å²) in [6.45, 7) is 4.26. The van der Waals surface area contributed by atoms with Crippen LogP contribution in [-0.4, -0.2) is 16.0 Å². The number of nitrogens with zero attached hydrogens (tertiary/aromatic N) is 2. The van der Waals surface area contributed by atoms with E-state index in [1.807, 2.05) is 0 Å². The number of rotatable bonds is 4. The van der Waals surface area contributed by atoms with E-state index < -0.39 is 0 Å². The molecule has 0 aromatic carbocycles. The Morgan fingerprint density at radius 3 is 2.46 bits per heavy atom. The lowest BCUT2D eigenvalue weighted by molar-refractivity contribution is 0.668. The van der Waals surface area contributed by atoms with E-state index in [0.717, 1.165) is 12.8 Å². The molecule has 0 bridgehead atoms. The zero-order chi connectivity index (χ0) is 9.68. The third-order valence-corrected chi connectivity index (χ3v) is 2.26. The molecule has 1 N–H and O–H groups in total. The van der Waals surface area contributed by atoms with Crippen LogP contribution in [0, 0.1) is 0 Å². The van der Waals surface area contributed by atoms with E-state index in [4.69, 9.17) is 11.6 Å². The van der Waals surface area contributed by atoms with E-state index >= 15 is 0 Å². The Labute approximate surface area is 83.5 Å². The van der Waals surface area contributed by atoms with E-state index in [1.54, 1.807) is 12.4 Å². The van der Waals surface area contributed by atoms with Crippen LogP contribution >= 0.6 is 11.6 Å². The van der Waals surface area contributed by atoms with Crippen molar-refractivity contribution in [1.82, 2.24) is 9.97 Å². The van der Waals surface area contributed by atoms with E-state index in [-0.39, 0.29) is 0 Å². The molecule has 0 spiro atoms. The van der Waals surface area contributed by atoms with Gasteiger partial charge in [0.25, 0.3) is 0 Å². The van der Waals surface area contributed by atoms with E-state index in [0.29, 0.717) is 17.0 Å². The molecule has 0 fully saturated rings. The zero-order valence-electron chi connectivity index (χ0n) is 7.92. The quantitative estimate of drug-likeness (QED) is 0.811. The maximum Gasteiger partial charge on any atom is 0.171 e. The Morgan fingerprint density at radius 1 is 1.31 bits per heavy atom. The Balaban J connectivity index is 2.67. The molecule has 1 aromatic rings. The molecular formula is C9H14ClN3. The van der Waals surface area contributed by atoms with Crippen LogP contribution in [0.3, 0.4) is 0 Å². The van der Waals surface area contributed by atoms with Gasteiger partial charge in [0, 0.05) is 18.4 Å². The smallest absolute Gasteiger partial charge is 0.171 e. The van der Waals surface area contributed by atoms with Crippen molar-refractivity contribution in [3.05, 3.63) is 17.5 Å². The van der Waals surface area contributed by atoms with Gasteiger partial charge in [0.15, 0.2) is 11.0 Å². The Morgan fingerprint density at radius 2 is 1.92 bits per heavy atom. The van der Waals surface area contributed by atoms with Crippen LogP contribution in [0.15, 0.2) is 12.4 Å². The van der Waals surface area contributed by atoms with Crippen molar-refractivity contribution in [2.24, 2.45) is 0 Å². The van der Waals surface area contributed by atoms with Crippen molar-refractivity contribution in [3.63, 3.8) is 0 Å². The second kappa shape index (κ2) is 5.02. The molecule has 0 radical (unpaired) electrons. The first kappa shape index (κ1) is 10.3. The molecular weight excluding hydrogens is 186 g/mol. The molecule has 4 heteroatoms. The highest BCUT2D eigenvalue weighted by atomic mass is 35.5. The Kier molecular flexibility index (Phi) is 3.96. The normalized spacial score (nSPS) is 10.5. The van der Waals surface area contributed by atoms with Gasteiger partial charge in [-0.3, -0.25) is 0 Å². The SMILES string of the molecule is CCC(CC)Nc1nccnc1Cl. The van der Waals surface area contributed by atoms with Gasteiger partial charge < -0.3 is 5.32 Å². The summed E-state index contributed by atoms with van der Waals surface area (Å²) in [6.07, 6.45) is 5.34. The number of halogens is 1. The maximum absolute atomic E-state index is 5.85. The second-order valence-electron chi connectivity index (χ2n) is 2.85. The van der Waals surface area contributed by atoms with Crippen LogP contribution in [0.2, 0.25) is 5.15 Å². The van der Waals surface area contributed by atoms with Gasteiger partial charge in [-0.15, -0.1) is 0 Å². The molecule has 0 amide bonds. The summed E-state index contributed by atoms with van der Waals surface area (Å²) in [4.78, 5) is 8.05. The number of aromatic nitrogens is 2. The summed E-state index contributed by atoms with van der Waals surface area (Å²) in [5, 5.41) is 3.68. The van der Waals surface area contributed by atoms with Crippen LogP contribution in [0.4, 0.5) is 5.82 Å². The minimum atomic E-state index is 0.425. The van der Waals surface area contributed by atoms with Crippen molar-refractivity contribution in [3.8, 4) is 0 Å². The molecule has 1 aromatic heterocycles. The summed E-state index contributed by atoms with van der Waals surface area (Å²) in [5.74, 6) is 0.679. The third-order valence-electron chi connectivity index (χ3n) is 1.98. The first-order valence-electron chi connectivity index (χ1n) is 4.51. The zero-order valence-corrected chi connectivity index (χ0v) is 8.67. The highest BCUT2D eigenvalue weighted by molar-refractivity contribution is 6.31. The molecule has 0 saturated heterocycles. The fraction of sp³-hybridized carbons (Fsp3) is 0.556. The van der Waals surface area contributed by atoms with Gasteiger partial charge in [-0.2, -0.15) is 0 Å². The molecule has 0 aliphatic carbocycles. The maximum atomic E-state index is 5.85. The van der Waals surface area contributed by atoms with Crippen LogP contribution in [-0.2, 0) is 0 Å². The minimum Gasteiger partial charge on any atom is -0.365 e. The molecule has 0 saturated carbocycles. The molecule has 0 aliphatic heterocycles. The number of hydrogen-bond acceptors (Lipinski definition) is 3. The predicted octanol–water partition coefficient (Wildman–Crippen LogP) is 2.73. The summed E-state index contributed by atoms with van der Waals surface area (Å²) < 4.78 is 0. The van der Waals surface area contributed by atoms with Crippen LogP contribution in [0.25, 0.3) is 0 Å². The van der Waals surface area contributed by atoms with E-state index in [1.165, 1.54) is 0 Å². The molecule has 13 heavy (non-hydrogen) atoms. The predicted molar refractivity (Wildman–Crippen MR) is 55.0 cm³/mol. The van der Waals surface area contributed by atoms with Gasteiger partial charge in [0.05, 0.1) is 0 Å². The molecule has 72 valence electrons. The lowest BCUT2D eigenvalue weighted by Gasteiger charge is -2.15. The van der Waals surface area contributed by atoms with Gasteiger partial charge in [-0.25, -0.2) is 9.97 Å². The van der Waals surface area contributed by atoms with Crippen molar-refractivity contribution in [2.45, 2.75) is 32.7 Å². The average molecular weight is 200 g/mol. The standard InChI is InChI=1S/C9H14ClN3/c1-3-7(4-2)13-9-8(10)11-5-6-12-9/h5-7H,3-4H2,1-2H3,(H,12,13). The Bertz CT molecular complexity index is 261. The van der Waals surface area contributed by atoms with Crippen molar-refractivity contribution < 1.29 is 0 Å². The van der Waals surface area contributed by atoms with E-state index in [2.05, 4.69) is 29.1 Å². The highest BCUT2D eigenvalue weighted by Crippen LogP contribution is 2.16. The van der Waals surface area contributed by atoms with E-state index in [9.17, 15) is 0 Å². The fourth-order valence-corrected chi connectivity index (χ4v) is 1.26. The van der Waals surface area contributed by atoms with Crippen molar-refractivity contribution in [1.29, 1.82) is 0 Å². The minimum absolute atomic E-state index is 0.425. The molecule has 1 heterocycles. The van der Waals surface area contributed by atoms with Crippen molar-refractivity contribution >= 4 is 17.4 Å². The summed E-state index contributed by atoms with van der Waals surface area (Å²) in [7, 11) is 0. The summed E-state index contributed by atoms with van der Waals surface area (Å²) >= 11 is 5.85. The second-order valence-corrected chi connectivity index (χ2v) is 3.21. The Hall–Kier alpha value is -0.830. The lowest BCUT2D eigenvalue weighted by atomic mass is 10.2. The molecule has 0 atom stereocenters. The summed E-state index contributed by atoms with van der Waals surface area (Å²) in [6, 6.07) is 0.425. The lowest BCUT2D eigenvalue weighted by Crippen LogP contribution is -2.18. The monoisotopic (exact) mass is 199 g/mol. The van der Waals surface area contributed by atoms with Crippen LogP contribution < -0.4 is 5.32 Å². The summed E-state index contributed by atoms with van der Waals surface area (Å²) in [5.41, 5.74) is 0. The van der Waals surface area contributed by atoms with Crippen molar-refractivity contribution in [2.75, 3.05) is 5.32 Å². The molecule has 0 unspecified atom stereocenters. The first-order chi connectivity index (χ1) is 6.27. The number of nitrogens with one attached hydrogen (secondary N) is 1. The van der Waals surface area contributed by atoms with Gasteiger partial charge in [0.1, 0.15) is 0 Å². The third kappa shape index (κ3) is 2.84. The fourth-order valence-electron chi connectivity index (χ4n) is 1.10. The highest BCUT2D eigenvalue weighted by Gasteiger charge is 2.06. The largest absolute Gasteiger partial charge is 0.365 e. The number of anilines is 1. The van der Waals surface area contributed by atoms with Gasteiger partial charge >= 0.3 is 0 Å². The van der Waals surface area contributed by atoms with Crippen LogP contribution in [0.1, 0.15) is 26.7 Å².